The Labute approximate surface area is 128 Å². The summed E-state index contributed by atoms with van der Waals surface area (Å²) >= 11 is 1.38. The molecule has 0 spiro atoms. The van der Waals surface area contributed by atoms with Gasteiger partial charge in [-0.25, -0.2) is 9.97 Å². The van der Waals surface area contributed by atoms with Crippen LogP contribution in [0.25, 0.3) is 11.3 Å². The largest absolute Gasteiger partial charge is 0.481 e. The van der Waals surface area contributed by atoms with E-state index in [1.54, 1.807) is 0 Å². The zero-order valence-electron chi connectivity index (χ0n) is 12.4. The van der Waals surface area contributed by atoms with Gasteiger partial charge < -0.3 is 5.11 Å². The molecule has 0 aliphatic rings. The van der Waals surface area contributed by atoms with E-state index in [9.17, 15) is 4.79 Å². The lowest BCUT2D eigenvalue weighted by Gasteiger charge is -2.07. The van der Waals surface area contributed by atoms with E-state index in [0.29, 0.717) is 10.9 Å². The first kappa shape index (κ1) is 15.5. The molecule has 0 amide bonds. The number of nitrogens with zero attached hydrogens (tertiary/aromatic N) is 2. The van der Waals surface area contributed by atoms with Gasteiger partial charge in [-0.15, -0.1) is 0 Å². The fourth-order valence-electron chi connectivity index (χ4n) is 1.88. The van der Waals surface area contributed by atoms with Crippen LogP contribution in [0.1, 0.15) is 23.2 Å². The van der Waals surface area contributed by atoms with Gasteiger partial charge in [0, 0.05) is 17.0 Å². The molecule has 0 atom stereocenters. The maximum absolute atomic E-state index is 10.6. The minimum Gasteiger partial charge on any atom is -0.481 e. The molecule has 1 aromatic carbocycles. The lowest BCUT2D eigenvalue weighted by atomic mass is 10.0. The fourth-order valence-corrected chi connectivity index (χ4v) is 2.71. The van der Waals surface area contributed by atoms with Crippen molar-refractivity contribution in [2.75, 3.05) is 5.75 Å². The van der Waals surface area contributed by atoms with Crippen LogP contribution in [0.4, 0.5) is 0 Å². The molecule has 21 heavy (non-hydrogen) atoms. The van der Waals surface area contributed by atoms with Crippen LogP contribution < -0.4 is 0 Å². The molecule has 5 heteroatoms. The molecule has 0 unspecified atom stereocenters. The van der Waals surface area contributed by atoms with Crippen LogP contribution in [0.5, 0.6) is 0 Å². The van der Waals surface area contributed by atoms with Crippen LogP contribution in [0.15, 0.2) is 29.4 Å². The third-order valence-corrected chi connectivity index (χ3v) is 4.03. The van der Waals surface area contributed by atoms with Gasteiger partial charge in [0.05, 0.1) is 12.1 Å². The lowest BCUT2D eigenvalue weighted by molar-refractivity contribution is -0.136. The Morgan fingerprint density at radius 2 is 1.90 bits per heavy atom. The topological polar surface area (TPSA) is 63.1 Å². The Hall–Kier alpha value is -1.88. The van der Waals surface area contributed by atoms with Gasteiger partial charge in [0.1, 0.15) is 0 Å². The Balaban J connectivity index is 2.25. The van der Waals surface area contributed by atoms with Crippen LogP contribution >= 0.6 is 11.8 Å². The fraction of sp³-hybridized carbons (Fsp3) is 0.312. The van der Waals surface area contributed by atoms with Crippen molar-refractivity contribution in [1.29, 1.82) is 0 Å². The SMILES string of the molecule is Cc1cc(-c2ccc(C)c(C)c2)nc(SCCC(=O)O)n1. The summed E-state index contributed by atoms with van der Waals surface area (Å²) in [6.45, 7) is 6.08. The highest BCUT2D eigenvalue weighted by Gasteiger charge is 2.07. The molecule has 2 rings (SSSR count). The van der Waals surface area contributed by atoms with Gasteiger partial charge in [0.25, 0.3) is 0 Å². The number of hydrogen-bond acceptors (Lipinski definition) is 4. The number of rotatable bonds is 5. The number of hydrogen-bond donors (Lipinski definition) is 1. The number of aryl methyl sites for hydroxylation is 3. The second kappa shape index (κ2) is 6.72. The van der Waals surface area contributed by atoms with E-state index in [1.165, 1.54) is 22.9 Å². The Morgan fingerprint density at radius 3 is 2.57 bits per heavy atom. The molecule has 0 bridgehead atoms. The van der Waals surface area contributed by atoms with Gasteiger partial charge >= 0.3 is 5.97 Å². The molecule has 1 aromatic heterocycles. The summed E-state index contributed by atoms with van der Waals surface area (Å²) < 4.78 is 0. The summed E-state index contributed by atoms with van der Waals surface area (Å²) in [6.07, 6.45) is 0.112. The number of carboxylic acids is 1. The zero-order valence-corrected chi connectivity index (χ0v) is 13.2. The van der Waals surface area contributed by atoms with Crippen LogP contribution in [-0.2, 0) is 4.79 Å². The summed E-state index contributed by atoms with van der Waals surface area (Å²) in [4.78, 5) is 19.4. The second-order valence-corrected chi connectivity index (χ2v) is 6.03. The first-order valence-corrected chi connectivity index (χ1v) is 7.72. The zero-order chi connectivity index (χ0) is 15.4. The molecular formula is C16H18N2O2S. The van der Waals surface area contributed by atoms with Crippen molar-refractivity contribution in [2.24, 2.45) is 0 Å². The van der Waals surface area contributed by atoms with Crippen molar-refractivity contribution < 1.29 is 9.90 Å². The average molecular weight is 302 g/mol. The van der Waals surface area contributed by atoms with Crippen molar-refractivity contribution >= 4 is 17.7 Å². The smallest absolute Gasteiger partial charge is 0.304 e. The predicted octanol–water partition coefficient (Wildman–Crippen LogP) is 3.64. The quantitative estimate of drug-likeness (QED) is 0.675. The third kappa shape index (κ3) is 4.29. The van der Waals surface area contributed by atoms with Crippen molar-refractivity contribution in [3.05, 3.63) is 41.1 Å². The Morgan fingerprint density at radius 1 is 1.14 bits per heavy atom. The number of carbonyl (C=O) groups is 1. The molecule has 4 nitrogen and oxygen atoms in total. The molecule has 0 saturated heterocycles. The van der Waals surface area contributed by atoms with E-state index in [1.807, 2.05) is 13.0 Å². The summed E-state index contributed by atoms with van der Waals surface area (Å²) in [5.74, 6) is -0.324. The molecular weight excluding hydrogens is 284 g/mol. The van der Waals surface area contributed by atoms with Crippen molar-refractivity contribution in [2.45, 2.75) is 32.3 Å². The highest BCUT2D eigenvalue weighted by Crippen LogP contribution is 2.24. The average Bonchev–Trinajstić information content (AvgIpc) is 2.41. The summed E-state index contributed by atoms with van der Waals surface area (Å²) in [6, 6.07) is 8.20. The summed E-state index contributed by atoms with van der Waals surface area (Å²) in [5.41, 5.74) is 5.30. The van der Waals surface area contributed by atoms with E-state index >= 15 is 0 Å². The van der Waals surface area contributed by atoms with Crippen molar-refractivity contribution in [3.63, 3.8) is 0 Å². The van der Waals surface area contributed by atoms with Crippen molar-refractivity contribution in [3.8, 4) is 11.3 Å². The highest BCUT2D eigenvalue weighted by molar-refractivity contribution is 7.99. The molecule has 2 aromatic rings. The highest BCUT2D eigenvalue weighted by atomic mass is 32.2. The van der Waals surface area contributed by atoms with Crippen LogP contribution in [0.3, 0.4) is 0 Å². The third-order valence-electron chi connectivity index (χ3n) is 3.18. The molecule has 0 aliphatic heterocycles. The molecule has 0 saturated carbocycles. The first-order valence-electron chi connectivity index (χ1n) is 6.73. The van der Waals surface area contributed by atoms with E-state index in [-0.39, 0.29) is 6.42 Å². The van der Waals surface area contributed by atoms with Gasteiger partial charge in [-0.1, -0.05) is 23.9 Å². The Bertz CT molecular complexity index is 671. The van der Waals surface area contributed by atoms with Gasteiger partial charge in [-0.2, -0.15) is 0 Å². The number of aromatic nitrogens is 2. The van der Waals surface area contributed by atoms with E-state index in [4.69, 9.17) is 5.11 Å². The predicted molar refractivity (Wildman–Crippen MR) is 84.7 cm³/mol. The normalized spacial score (nSPS) is 10.6. The molecule has 0 fully saturated rings. The van der Waals surface area contributed by atoms with Gasteiger partial charge in [0.15, 0.2) is 5.16 Å². The molecule has 1 N–H and O–H groups in total. The summed E-state index contributed by atoms with van der Waals surface area (Å²) in [7, 11) is 0. The van der Waals surface area contributed by atoms with E-state index in [0.717, 1.165) is 17.0 Å². The van der Waals surface area contributed by atoms with E-state index in [2.05, 4.69) is 42.0 Å². The number of aliphatic carboxylic acids is 1. The van der Waals surface area contributed by atoms with Crippen LogP contribution in [0.2, 0.25) is 0 Å². The van der Waals surface area contributed by atoms with Gasteiger partial charge in [-0.3, -0.25) is 4.79 Å². The monoisotopic (exact) mass is 302 g/mol. The molecule has 110 valence electrons. The number of thioether (sulfide) groups is 1. The number of carboxylic acid groups (broad SMARTS) is 1. The summed E-state index contributed by atoms with van der Waals surface area (Å²) in [5, 5.41) is 9.31. The minimum atomic E-state index is -0.801. The standard InChI is InChI=1S/C16H18N2O2S/c1-10-4-5-13(8-11(10)2)14-9-12(3)17-16(18-14)21-7-6-15(19)20/h4-5,8-9H,6-7H2,1-3H3,(H,19,20). The molecule has 0 radical (unpaired) electrons. The van der Waals surface area contributed by atoms with E-state index < -0.39 is 5.97 Å². The second-order valence-electron chi connectivity index (χ2n) is 4.97. The lowest BCUT2D eigenvalue weighted by Crippen LogP contribution is -1.98. The Kier molecular flexibility index (Phi) is 4.96. The first-order chi connectivity index (χ1) is 9.95. The maximum atomic E-state index is 10.6. The maximum Gasteiger partial charge on any atom is 0.304 e. The molecule has 1 heterocycles. The molecule has 0 aliphatic carbocycles. The van der Waals surface area contributed by atoms with Crippen LogP contribution in [-0.4, -0.2) is 26.8 Å². The van der Waals surface area contributed by atoms with Crippen LogP contribution in [0, 0.1) is 20.8 Å². The number of benzene rings is 1. The minimum absolute atomic E-state index is 0.112. The van der Waals surface area contributed by atoms with Crippen molar-refractivity contribution in [1.82, 2.24) is 9.97 Å². The van der Waals surface area contributed by atoms with Gasteiger partial charge in [-0.05, 0) is 44.0 Å². The van der Waals surface area contributed by atoms with Gasteiger partial charge in [0.2, 0.25) is 0 Å².